The summed E-state index contributed by atoms with van der Waals surface area (Å²) in [5.74, 6) is -3.03. The number of nitrogens with zero attached hydrogens (tertiary/aromatic N) is 1. The van der Waals surface area contributed by atoms with E-state index in [1.807, 2.05) is 20.8 Å². The van der Waals surface area contributed by atoms with E-state index < -0.39 is 41.0 Å². The van der Waals surface area contributed by atoms with Gasteiger partial charge in [-0.25, -0.2) is 9.59 Å². The molecule has 58 heavy (non-hydrogen) atoms. The molecule has 2 N–H and O–H groups in total. The Morgan fingerprint density at radius 2 is 1.05 bits per heavy atom. The van der Waals surface area contributed by atoms with Crippen molar-refractivity contribution in [2.45, 2.75) is 226 Å². The molecule has 4 amide bonds. The molecule has 0 aromatic rings. The molecule has 2 rings (SSSR count). The van der Waals surface area contributed by atoms with Gasteiger partial charge in [-0.05, 0) is 92.4 Å². The van der Waals surface area contributed by atoms with Crippen LogP contribution in [-0.4, -0.2) is 70.4 Å². The SMILES string of the molecule is CC(C)(C)OC(=O)CCCCCCCCCCCCCCCCCCC(=O)NCC1CCC(C(=O)NC(CCC(=O)ON2C(=O)CCC2=O)C(=O)OC(C)(C)C)CC1. The van der Waals surface area contributed by atoms with Gasteiger partial charge in [0.05, 0.1) is 6.42 Å². The molecule has 2 fully saturated rings. The van der Waals surface area contributed by atoms with E-state index in [2.05, 4.69) is 10.6 Å². The van der Waals surface area contributed by atoms with Crippen LogP contribution in [0.1, 0.15) is 208 Å². The third-order valence-electron chi connectivity index (χ3n) is 10.6. The minimum atomic E-state index is -1.10. The van der Waals surface area contributed by atoms with Crippen molar-refractivity contribution < 1.29 is 47.9 Å². The first-order valence-corrected chi connectivity index (χ1v) is 22.5. The van der Waals surface area contributed by atoms with E-state index >= 15 is 0 Å². The number of carbonyl (C=O) groups excluding carboxylic acids is 7. The molecule has 0 radical (unpaired) electrons. The first kappa shape index (κ1) is 50.6. The highest BCUT2D eigenvalue weighted by atomic mass is 16.7. The second kappa shape index (κ2) is 27.3. The lowest BCUT2D eigenvalue weighted by Gasteiger charge is -2.30. The quantitative estimate of drug-likeness (QED) is 0.0443. The van der Waals surface area contributed by atoms with Crippen LogP contribution in [0.3, 0.4) is 0 Å². The summed E-state index contributed by atoms with van der Waals surface area (Å²) in [5, 5.41) is 6.31. The minimum absolute atomic E-state index is 0.0230. The lowest BCUT2D eigenvalue weighted by molar-refractivity contribution is -0.197. The predicted molar refractivity (Wildman–Crippen MR) is 222 cm³/mol. The average Bonchev–Trinajstić information content (AvgIpc) is 3.45. The number of ether oxygens (including phenoxy) is 2. The molecule has 1 saturated heterocycles. The predicted octanol–water partition coefficient (Wildman–Crippen LogP) is 8.49. The number of hydrogen-bond donors (Lipinski definition) is 2. The van der Waals surface area contributed by atoms with E-state index in [1.54, 1.807) is 20.8 Å². The fourth-order valence-corrected chi connectivity index (χ4v) is 7.38. The van der Waals surface area contributed by atoms with Crippen molar-refractivity contribution in [2.75, 3.05) is 6.54 Å². The Kier molecular flexibility index (Phi) is 23.8. The van der Waals surface area contributed by atoms with Crippen molar-refractivity contribution in [3.63, 3.8) is 0 Å². The lowest BCUT2D eigenvalue weighted by Crippen LogP contribution is -2.47. The number of amides is 4. The standard InChI is InChI=1S/C45H77N3O10/c1-44(2,3)56-40(52)24-22-20-18-16-14-12-10-8-7-9-11-13-15-17-19-21-23-37(49)46-33-34-25-27-35(28-26-34)42(54)47-36(43(55)57-45(4,5)6)29-32-41(53)58-48-38(50)30-31-39(48)51/h34-36H,7-33H2,1-6H3,(H,46,49)(H,47,54). The first-order valence-electron chi connectivity index (χ1n) is 22.5. The van der Waals surface area contributed by atoms with E-state index in [-0.39, 0.29) is 55.3 Å². The zero-order valence-corrected chi connectivity index (χ0v) is 36.9. The number of unbranched alkanes of at least 4 members (excludes halogenated alkanes) is 15. The van der Waals surface area contributed by atoms with Crippen molar-refractivity contribution in [3.05, 3.63) is 0 Å². The van der Waals surface area contributed by atoms with Gasteiger partial charge in [-0.15, -0.1) is 5.06 Å². The summed E-state index contributed by atoms with van der Waals surface area (Å²) in [6.45, 7) is 11.4. The molecule has 1 aliphatic carbocycles. The number of imide groups is 1. The molecule has 13 nitrogen and oxygen atoms in total. The van der Waals surface area contributed by atoms with Gasteiger partial charge in [0.2, 0.25) is 11.8 Å². The van der Waals surface area contributed by atoms with Crippen molar-refractivity contribution in [2.24, 2.45) is 11.8 Å². The van der Waals surface area contributed by atoms with E-state index in [9.17, 15) is 33.6 Å². The van der Waals surface area contributed by atoms with Crippen LogP contribution in [0.25, 0.3) is 0 Å². The largest absolute Gasteiger partial charge is 0.460 e. The van der Waals surface area contributed by atoms with Crippen LogP contribution in [0.5, 0.6) is 0 Å². The van der Waals surface area contributed by atoms with Crippen LogP contribution >= 0.6 is 0 Å². The van der Waals surface area contributed by atoms with Crippen LogP contribution in [0.4, 0.5) is 0 Å². The van der Waals surface area contributed by atoms with Gasteiger partial charge in [0.15, 0.2) is 0 Å². The molecule has 0 aromatic carbocycles. The third-order valence-corrected chi connectivity index (χ3v) is 10.6. The first-order chi connectivity index (χ1) is 27.4. The molecular formula is C45H77N3O10. The highest BCUT2D eigenvalue weighted by Gasteiger charge is 2.35. The molecule has 2 aliphatic rings. The second-order valence-electron chi connectivity index (χ2n) is 18.4. The number of hydroxylamine groups is 2. The molecule has 332 valence electrons. The van der Waals surface area contributed by atoms with Crippen LogP contribution in [-0.2, 0) is 47.9 Å². The highest BCUT2D eigenvalue weighted by Crippen LogP contribution is 2.29. The Hall–Kier alpha value is -3.51. The minimum Gasteiger partial charge on any atom is -0.460 e. The molecule has 1 aliphatic heterocycles. The molecule has 0 spiro atoms. The Bertz CT molecular complexity index is 1280. The summed E-state index contributed by atoms with van der Waals surface area (Å²) in [6.07, 6.45) is 22.6. The van der Waals surface area contributed by atoms with Crippen molar-refractivity contribution in [1.29, 1.82) is 0 Å². The topological polar surface area (TPSA) is 174 Å². The van der Waals surface area contributed by atoms with E-state index in [0.717, 1.165) is 44.9 Å². The van der Waals surface area contributed by atoms with Gasteiger partial charge in [0.25, 0.3) is 11.8 Å². The number of carbonyl (C=O) groups is 7. The van der Waals surface area contributed by atoms with Gasteiger partial charge in [0, 0.05) is 38.1 Å². The molecule has 1 saturated carbocycles. The Labute approximate surface area is 348 Å². The third kappa shape index (κ3) is 23.8. The second-order valence-corrected chi connectivity index (χ2v) is 18.4. The Morgan fingerprint density at radius 1 is 0.603 bits per heavy atom. The van der Waals surface area contributed by atoms with Crippen molar-refractivity contribution >= 4 is 41.5 Å². The number of esters is 2. The summed E-state index contributed by atoms with van der Waals surface area (Å²) in [6, 6.07) is -1.10. The summed E-state index contributed by atoms with van der Waals surface area (Å²) in [4.78, 5) is 91.3. The molecule has 1 unspecified atom stereocenters. The summed E-state index contributed by atoms with van der Waals surface area (Å²) < 4.78 is 10.8. The maximum absolute atomic E-state index is 13.2. The fourth-order valence-electron chi connectivity index (χ4n) is 7.38. The van der Waals surface area contributed by atoms with Crippen molar-refractivity contribution in [1.82, 2.24) is 15.7 Å². The van der Waals surface area contributed by atoms with E-state index in [1.165, 1.54) is 70.6 Å². The van der Waals surface area contributed by atoms with E-state index in [0.29, 0.717) is 37.3 Å². The van der Waals surface area contributed by atoms with Crippen LogP contribution < -0.4 is 10.6 Å². The molecular weight excluding hydrogens is 743 g/mol. The monoisotopic (exact) mass is 820 g/mol. The summed E-state index contributed by atoms with van der Waals surface area (Å²) >= 11 is 0. The van der Waals surface area contributed by atoms with Crippen molar-refractivity contribution in [3.8, 4) is 0 Å². The Balaban J connectivity index is 1.48. The highest BCUT2D eigenvalue weighted by molar-refractivity contribution is 6.01. The fraction of sp³-hybridized carbons (Fsp3) is 0.844. The number of hydrogen-bond acceptors (Lipinski definition) is 10. The average molecular weight is 820 g/mol. The molecule has 0 bridgehead atoms. The van der Waals surface area contributed by atoms with Crippen LogP contribution in [0, 0.1) is 11.8 Å². The summed E-state index contributed by atoms with van der Waals surface area (Å²) in [5.41, 5.74) is -1.20. The molecule has 13 heteroatoms. The zero-order valence-electron chi connectivity index (χ0n) is 36.9. The maximum atomic E-state index is 13.2. The smallest absolute Gasteiger partial charge is 0.333 e. The molecule has 1 heterocycles. The molecule has 0 aromatic heterocycles. The van der Waals surface area contributed by atoms with Gasteiger partial charge >= 0.3 is 17.9 Å². The molecule has 1 atom stereocenters. The van der Waals surface area contributed by atoms with Gasteiger partial charge in [-0.1, -0.05) is 89.9 Å². The van der Waals surface area contributed by atoms with Crippen LogP contribution in [0.2, 0.25) is 0 Å². The lowest BCUT2D eigenvalue weighted by atomic mass is 9.81. The zero-order chi connectivity index (χ0) is 43.0. The Morgan fingerprint density at radius 3 is 1.52 bits per heavy atom. The van der Waals surface area contributed by atoms with Gasteiger partial charge in [-0.2, -0.15) is 0 Å². The van der Waals surface area contributed by atoms with Gasteiger partial charge < -0.3 is 24.9 Å². The van der Waals surface area contributed by atoms with E-state index in [4.69, 9.17) is 14.3 Å². The van der Waals surface area contributed by atoms with Crippen LogP contribution in [0.15, 0.2) is 0 Å². The normalized spacial score (nSPS) is 17.8. The number of rotatable bonds is 28. The number of nitrogens with one attached hydrogen (secondary N) is 2. The summed E-state index contributed by atoms with van der Waals surface area (Å²) in [7, 11) is 0. The van der Waals surface area contributed by atoms with Gasteiger partial charge in [-0.3, -0.25) is 24.0 Å². The maximum Gasteiger partial charge on any atom is 0.333 e. The van der Waals surface area contributed by atoms with Gasteiger partial charge in [0.1, 0.15) is 17.2 Å².